The van der Waals surface area contributed by atoms with Crippen molar-refractivity contribution in [3.63, 3.8) is 0 Å². The SMILES string of the molecule is CC1(C)C(C=C(Cl)Cl)C1/C([O-])=C1\C(=O)Cc2ccccc21. The lowest BCUT2D eigenvalue weighted by Gasteiger charge is -2.18. The Hall–Kier alpha value is -1.25. The summed E-state index contributed by atoms with van der Waals surface area (Å²) in [6.45, 7) is 4.00. The maximum atomic E-state index is 12.8. The van der Waals surface area contributed by atoms with Gasteiger partial charge in [-0.15, -0.1) is 5.76 Å². The quantitative estimate of drug-likeness (QED) is 0.618. The van der Waals surface area contributed by atoms with Gasteiger partial charge >= 0.3 is 0 Å². The van der Waals surface area contributed by atoms with E-state index < -0.39 is 0 Å². The van der Waals surface area contributed by atoms with Crippen LogP contribution in [0.5, 0.6) is 0 Å². The van der Waals surface area contributed by atoms with Crippen LogP contribution in [-0.2, 0) is 11.2 Å². The Labute approximate surface area is 134 Å². The van der Waals surface area contributed by atoms with Crippen LogP contribution in [0.3, 0.4) is 0 Å². The van der Waals surface area contributed by atoms with Gasteiger partial charge in [0, 0.05) is 12.0 Å². The molecular formula is C17H15Cl2O2-. The number of ketones is 1. The molecule has 1 saturated carbocycles. The molecule has 0 N–H and O–H groups in total. The van der Waals surface area contributed by atoms with Crippen LogP contribution in [0.1, 0.15) is 25.0 Å². The lowest BCUT2D eigenvalue weighted by molar-refractivity contribution is -0.310. The van der Waals surface area contributed by atoms with Crippen LogP contribution < -0.4 is 5.11 Å². The second kappa shape index (κ2) is 4.89. The number of carbonyl (C=O) groups excluding carboxylic acids is 1. The van der Waals surface area contributed by atoms with Gasteiger partial charge in [0.15, 0.2) is 5.78 Å². The van der Waals surface area contributed by atoms with Crippen LogP contribution in [0.15, 0.2) is 40.6 Å². The van der Waals surface area contributed by atoms with Gasteiger partial charge in [0.2, 0.25) is 0 Å². The minimum atomic E-state index is -0.227. The summed E-state index contributed by atoms with van der Waals surface area (Å²) < 4.78 is 0.173. The average molecular weight is 322 g/mol. The summed E-state index contributed by atoms with van der Waals surface area (Å²) in [5.74, 6) is -0.396. The number of hydrogen-bond acceptors (Lipinski definition) is 2. The number of rotatable bonds is 2. The van der Waals surface area contributed by atoms with Crippen LogP contribution >= 0.6 is 23.2 Å². The molecule has 0 aliphatic heterocycles. The highest BCUT2D eigenvalue weighted by Crippen LogP contribution is 2.63. The van der Waals surface area contributed by atoms with Crippen molar-refractivity contribution in [1.82, 2.24) is 0 Å². The predicted octanol–water partition coefficient (Wildman–Crippen LogP) is 3.47. The van der Waals surface area contributed by atoms with Crippen LogP contribution in [-0.4, -0.2) is 5.78 Å². The highest BCUT2D eigenvalue weighted by molar-refractivity contribution is 6.55. The van der Waals surface area contributed by atoms with E-state index in [1.165, 1.54) is 0 Å². The monoisotopic (exact) mass is 321 g/mol. The number of carbonyl (C=O) groups is 1. The molecule has 2 aliphatic carbocycles. The fraction of sp³-hybridized carbons (Fsp3) is 0.353. The molecule has 4 heteroatoms. The van der Waals surface area contributed by atoms with E-state index in [0.29, 0.717) is 12.0 Å². The Morgan fingerprint density at radius 1 is 1.33 bits per heavy atom. The van der Waals surface area contributed by atoms with Crippen molar-refractivity contribution in [2.24, 2.45) is 17.3 Å². The lowest BCUT2D eigenvalue weighted by Crippen LogP contribution is -2.14. The minimum absolute atomic E-state index is 0.0111. The first-order chi connectivity index (χ1) is 9.84. The Morgan fingerprint density at radius 3 is 2.67 bits per heavy atom. The smallest absolute Gasteiger partial charge is 0.166 e. The molecular weight excluding hydrogens is 307 g/mol. The van der Waals surface area contributed by atoms with Gasteiger partial charge in [-0.2, -0.15) is 0 Å². The third-order valence-corrected chi connectivity index (χ3v) is 4.91. The molecule has 2 nitrogen and oxygen atoms in total. The van der Waals surface area contributed by atoms with Gasteiger partial charge in [-0.3, -0.25) is 4.79 Å². The first-order valence-electron chi connectivity index (χ1n) is 6.89. The molecule has 0 bridgehead atoms. The van der Waals surface area contributed by atoms with E-state index in [-0.39, 0.29) is 33.3 Å². The topological polar surface area (TPSA) is 40.1 Å². The van der Waals surface area contributed by atoms with Gasteiger partial charge in [-0.25, -0.2) is 0 Å². The molecule has 0 saturated heterocycles. The summed E-state index contributed by atoms with van der Waals surface area (Å²) in [7, 11) is 0. The molecule has 0 spiro atoms. The molecule has 1 aromatic carbocycles. The molecule has 110 valence electrons. The Bertz CT molecular complexity index is 682. The van der Waals surface area contributed by atoms with E-state index in [4.69, 9.17) is 23.2 Å². The number of Topliss-reactive ketones (excluding diaryl/α,β-unsaturated/α-hetero) is 1. The molecule has 0 radical (unpaired) electrons. The Balaban J connectivity index is 2.04. The average Bonchev–Trinajstić information content (AvgIpc) is 2.77. The fourth-order valence-electron chi connectivity index (χ4n) is 3.38. The molecule has 0 amide bonds. The summed E-state index contributed by atoms with van der Waals surface area (Å²) in [6.07, 6.45) is 2.03. The molecule has 0 aromatic heterocycles. The second-order valence-electron chi connectivity index (χ2n) is 6.28. The van der Waals surface area contributed by atoms with Crippen molar-refractivity contribution in [1.29, 1.82) is 0 Å². The van der Waals surface area contributed by atoms with Gasteiger partial charge < -0.3 is 5.11 Å². The van der Waals surface area contributed by atoms with E-state index in [1.807, 2.05) is 38.1 Å². The maximum absolute atomic E-state index is 12.8. The van der Waals surface area contributed by atoms with Crippen LogP contribution in [0.4, 0.5) is 0 Å². The van der Waals surface area contributed by atoms with Gasteiger partial charge in [-0.05, 0) is 34.5 Å². The number of allylic oxidation sites excluding steroid dienone is 3. The summed E-state index contributed by atoms with van der Waals surface area (Å²) in [5.41, 5.74) is 1.86. The van der Waals surface area contributed by atoms with Gasteiger partial charge in [0.05, 0.1) is 0 Å². The van der Waals surface area contributed by atoms with Gasteiger partial charge in [0.25, 0.3) is 0 Å². The number of fused-ring (bicyclic) bond motifs is 1. The second-order valence-corrected chi connectivity index (χ2v) is 7.29. The fourth-order valence-corrected chi connectivity index (χ4v) is 3.65. The zero-order valence-corrected chi connectivity index (χ0v) is 13.3. The summed E-state index contributed by atoms with van der Waals surface area (Å²) in [5, 5.41) is 12.8. The largest absolute Gasteiger partial charge is 0.875 e. The molecule has 1 aromatic rings. The third-order valence-electron chi connectivity index (χ3n) is 4.66. The van der Waals surface area contributed by atoms with Gasteiger partial charge in [0.1, 0.15) is 4.49 Å². The van der Waals surface area contributed by atoms with E-state index in [2.05, 4.69) is 0 Å². The normalized spacial score (nSPS) is 28.1. The number of benzene rings is 1. The highest BCUT2D eigenvalue weighted by atomic mass is 35.5. The standard InChI is InChI=1S/C17H16Cl2O2/c1-17(2)11(8-13(18)19)15(17)16(21)14-10-6-4-3-5-9(10)7-12(14)20/h3-6,8,11,15,21H,7H2,1-2H3/p-1/b16-14+. The maximum Gasteiger partial charge on any atom is 0.166 e. The summed E-state index contributed by atoms with van der Waals surface area (Å²) in [6, 6.07) is 7.50. The van der Waals surface area contributed by atoms with E-state index in [1.54, 1.807) is 6.08 Å². The van der Waals surface area contributed by atoms with Crippen molar-refractivity contribution >= 4 is 34.6 Å². The van der Waals surface area contributed by atoms with Gasteiger partial charge in [-0.1, -0.05) is 61.3 Å². The molecule has 1 fully saturated rings. The van der Waals surface area contributed by atoms with E-state index in [9.17, 15) is 9.90 Å². The molecule has 2 unspecified atom stereocenters. The first-order valence-corrected chi connectivity index (χ1v) is 7.65. The summed E-state index contributed by atoms with van der Waals surface area (Å²) in [4.78, 5) is 12.2. The van der Waals surface area contributed by atoms with E-state index >= 15 is 0 Å². The van der Waals surface area contributed by atoms with Crippen LogP contribution in [0.25, 0.3) is 5.57 Å². The summed E-state index contributed by atoms with van der Waals surface area (Å²) >= 11 is 11.4. The molecule has 3 rings (SSSR count). The zero-order valence-electron chi connectivity index (χ0n) is 11.8. The zero-order chi connectivity index (χ0) is 15.4. The minimum Gasteiger partial charge on any atom is -0.875 e. The van der Waals surface area contributed by atoms with Crippen molar-refractivity contribution < 1.29 is 9.90 Å². The highest BCUT2D eigenvalue weighted by Gasteiger charge is 2.56. The van der Waals surface area contributed by atoms with Crippen molar-refractivity contribution in [3.05, 3.63) is 51.7 Å². The molecule has 0 heterocycles. The predicted molar refractivity (Wildman–Crippen MR) is 82.6 cm³/mol. The van der Waals surface area contributed by atoms with Crippen molar-refractivity contribution in [2.75, 3.05) is 0 Å². The van der Waals surface area contributed by atoms with E-state index in [0.717, 1.165) is 11.1 Å². The number of halogens is 2. The number of hydrogen-bond donors (Lipinski definition) is 0. The molecule has 2 atom stereocenters. The third kappa shape index (κ3) is 2.31. The molecule has 21 heavy (non-hydrogen) atoms. The Kier molecular flexibility index (Phi) is 3.42. The molecule has 2 aliphatic rings. The van der Waals surface area contributed by atoms with Crippen molar-refractivity contribution in [2.45, 2.75) is 20.3 Å². The lowest BCUT2D eigenvalue weighted by atomic mass is 10.0. The van der Waals surface area contributed by atoms with Crippen LogP contribution in [0.2, 0.25) is 0 Å². The Morgan fingerprint density at radius 2 is 2.00 bits per heavy atom. The van der Waals surface area contributed by atoms with Crippen molar-refractivity contribution in [3.8, 4) is 0 Å². The van der Waals surface area contributed by atoms with Crippen LogP contribution in [0, 0.1) is 17.3 Å². The first kappa shape index (κ1) is 14.7.